The summed E-state index contributed by atoms with van der Waals surface area (Å²) in [5, 5.41) is 24.4. The van der Waals surface area contributed by atoms with Crippen LogP contribution < -0.4 is 0 Å². The van der Waals surface area contributed by atoms with E-state index in [2.05, 4.69) is 5.16 Å². The predicted molar refractivity (Wildman–Crippen MR) is 84.4 cm³/mol. The van der Waals surface area contributed by atoms with E-state index in [9.17, 15) is 15.1 Å². The van der Waals surface area contributed by atoms with Crippen molar-refractivity contribution in [2.24, 2.45) is 5.16 Å². The number of hydrogen-bond acceptors (Lipinski definition) is 5. The first-order valence-corrected chi connectivity index (χ1v) is 7.25. The van der Waals surface area contributed by atoms with Crippen LogP contribution in [0.15, 0.2) is 41.6 Å². The summed E-state index contributed by atoms with van der Waals surface area (Å²) in [6.45, 7) is 2.11. The van der Waals surface area contributed by atoms with Crippen molar-refractivity contribution < 1.29 is 19.8 Å². The first-order chi connectivity index (χ1) is 10.7. The normalized spacial score (nSPS) is 11.6. The van der Waals surface area contributed by atoms with E-state index >= 15 is 0 Å². The third-order valence-electron chi connectivity index (χ3n) is 3.43. The summed E-state index contributed by atoms with van der Waals surface area (Å²) in [6.07, 6.45) is 1.12. The van der Waals surface area contributed by atoms with Gasteiger partial charge in [0.05, 0.1) is 12.3 Å². The molecule has 0 radical (unpaired) electrons. The number of nitrogens with zero attached hydrogens (tertiary/aromatic N) is 1. The molecule has 0 aliphatic rings. The van der Waals surface area contributed by atoms with Crippen molar-refractivity contribution in [3.63, 3.8) is 0 Å². The second-order valence-electron chi connectivity index (χ2n) is 4.89. The molecule has 0 saturated heterocycles. The Morgan fingerprint density at radius 2 is 1.95 bits per heavy atom. The van der Waals surface area contributed by atoms with Gasteiger partial charge in [-0.15, -0.1) is 0 Å². The highest BCUT2D eigenvalue weighted by Gasteiger charge is 2.13. The van der Waals surface area contributed by atoms with E-state index < -0.39 is 0 Å². The number of benzene rings is 2. The second kappa shape index (κ2) is 7.45. The van der Waals surface area contributed by atoms with Crippen LogP contribution in [0.5, 0.6) is 5.75 Å². The summed E-state index contributed by atoms with van der Waals surface area (Å²) < 4.78 is 4.85. The number of ether oxygens (including phenoxy) is 1. The molecule has 0 atom stereocenters. The van der Waals surface area contributed by atoms with Crippen molar-refractivity contribution in [1.82, 2.24) is 0 Å². The Labute approximate surface area is 128 Å². The molecule has 2 aromatic carbocycles. The number of fused-ring (bicyclic) bond motifs is 1. The molecule has 5 heteroatoms. The zero-order chi connectivity index (χ0) is 15.9. The maximum atomic E-state index is 11.3. The molecule has 0 saturated carbocycles. The first-order valence-electron chi connectivity index (χ1n) is 7.25. The van der Waals surface area contributed by atoms with Gasteiger partial charge in [0.25, 0.3) is 0 Å². The minimum Gasteiger partial charge on any atom is -0.507 e. The van der Waals surface area contributed by atoms with E-state index in [1.807, 2.05) is 30.3 Å². The molecule has 0 aliphatic carbocycles. The minimum atomic E-state index is -0.275. The maximum absolute atomic E-state index is 11.3. The average Bonchev–Trinajstić information content (AvgIpc) is 2.53. The molecule has 5 nitrogen and oxygen atoms in total. The largest absolute Gasteiger partial charge is 0.507 e. The number of carbonyl (C=O) groups excluding carboxylic acids is 1. The van der Waals surface area contributed by atoms with Crippen LogP contribution in [0.2, 0.25) is 0 Å². The fraction of sp³-hybridized carbons (Fsp3) is 0.294. The van der Waals surface area contributed by atoms with Crippen molar-refractivity contribution in [1.29, 1.82) is 0 Å². The number of hydrogen-bond donors (Lipinski definition) is 2. The van der Waals surface area contributed by atoms with E-state index in [0.717, 1.165) is 5.39 Å². The molecule has 0 heterocycles. The van der Waals surface area contributed by atoms with Gasteiger partial charge in [-0.25, -0.2) is 0 Å². The van der Waals surface area contributed by atoms with Gasteiger partial charge in [-0.05, 0) is 31.2 Å². The molecule has 0 fully saturated rings. The quantitative estimate of drug-likeness (QED) is 0.370. The van der Waals surface area contributed by atoms with E-state index in [4.69, 9.17) is 4.74 Å². The van der Waals surface area contributed by atoms with Gasteiger partial charge in [0.15, 0.2) is 0 Å². The number of carbonyl (C=O) groups is 1. The zero-order valence-corrected chi connectivity index (χ0v) is 12.5. The summed E-state index contributed by atoms with van der Waals surface area (Å²) in [4.78, 5) is 11.3. The second-order valence-corrected chi connectivity index (χ2v) is 4.89. The number of oxime groups is 1. The number of esters is 1. The van der Waals surface area contributed by atoms with Crippen molar-refractivity contribution in [3.05, 3.63) is 42.0 Å². The summed E-state index contributed by atoms with van der Waals surface area (Å²) >= 11 is 0. The van der Waals surface area contributed by atoms with Gasteiger partial charge in [0.2, 0.25) is 0 Å². The monoisotopic (exact) mass is 301 g/mol. The highest BCUT2D eigenvalue weighted by atomic mass is 16.5. The molecule has 2 rings (SSSR count). The average molecular weight is 301 g/mol. The Morgan fingerprint density at radius 3 is 2.68 bits per heavy atom. The molecule has 0 bridgehead atoms. The number of phenols is 1. The highest BCUT2D eigenvalue weighted by molar-refractivity contribution is 6.07. The molecule has 22 heavy (non-hydrogen) atoms. The van der Waals surface area contributed by atoms with Gasteiger partial charge < -0.3 is 15.1 Å². The van der Waals surface area contributed by atoms with Crippen molar-refractivity contribution in [2.45, 2.75) is 26.2 Å². The molecule has 0 aliphatic heterocycles. The highest BCUT2D eigenvalue weighted by Crippen LogP contribution is 2.30. The third-order valence-corrected chi connectivity index (χ3v) is 3.43. The first kappa shape index (κ1) is 15.8. The number of rotatable bonds is 6. The molecule has 0 amide bonds. The van der Waals surface area contributed by atoms with Crippen molar-refractivity contribution >= 4 is 22.5 Å². The van der Waals surface area contributed by atoms with Crippen molar-refractivity contribution in [3.8, 4) is 5.75 Å². The standard InChI is InChI=1S/C17H19NO4/c1-2-22-16(19)9-5-8-15(18-21)14-11-10-12-6-3-4-7-13(12)17(14)20/h3-4,6-7,10-11,20-21H,2,5,8-9H2,1H3/b18-15+. The van der Waals surface area contributed by atoms with E-state index in [1.165, 1.54) is 0 Å². The predicted octanol–water partition coefficient (Wildman–Crippen LogP) is 3.46. The van der Waals surface area contributed by atoms with Gasteiger partial charge in [-0.1, -0.05) is 35.5 Å². The van der Waals surface area contributed by atoms with Gasteiger partial charge in [-0.2, -0.15) is 0 Å². The van der Waals surface area contributed by atoms with E-state index in [-0.39, 0.29) is 18.1 Å². The Kier molecular flexibility index (Phi) is 5.36. The summed E-state index contributed by atoms with van der Waals surface area (Å²) in [5.74, 6) is -0.190. The summed E-state index contributed by atoms with van der Waals surface area (Å²) in [7, 11) is 0. The molecule has 0 aromatic heterocycles. The van der Waals surface area contributed by atoms with Gasteiger partial charge in [-0.3, -0.25) is 4.79 Å². The van der Waals surface area contributed by atoms with Crippen LogP contribution in [0.25, 0.3) is 10.8 Å². The molecule has 2 aromatic rings. The Bertz CT molecular complexity index is 694. The molecule has 2 N–H and O–H groups in total. The number of phenolic OH excluding ortho intramolecular Hbond substituents is 1. The molecule has 0 spiro atoms. The summed E-state index contributed by atoms with van der Waals surface area (Å²) in [5.41, 5.74) is 0.831. The lowest BCUT2D eigenvalue weighted by molar-refractivity contribution is -0.143. The van der Waals surface area contributed by atoms with Crippen LogP contribution >= 0.6 is 0 Å². The Morgan fingerprint density at radius 1 is 1.18 bits per heavy atom. The fourth-order valence-electron chi connectivity index (χ4n) is 2.36. The minimum absolute atomic E-state index is 0.0852. The molecular formula is C17H19NO4. The smallest absolute Gasteiger partial charge is 0.305 e. The number of aromatic hydroxyl groups is 1. The molecular weight excluding hydrogens is 282 g/mol. The van der Waals surface area contributed by atoms with Crippen LogP contribution in [-0.2, 0) is 9.53 Å². The third kappa shape index (κ3) is 3.55. The SMILES string of the molecule is CCOC(=O)CCC/C(=N\O)c1ccc2ccccc2c1O. The van der Waals surface area contributed by atoms with E-state index in [0.29, 0.717) is 36.1 Å². The van der Waals surface area contributed by atoms with Crippen molar-refractivity contribution in [2.75, 3.05) is 6.61 Å². The lowest BCUT2D eigenvalue weighted by Crippen LogP contribution is -2.07. The topological polar surface area (TPSA) is 79.1 Å². The van der Waals surface area contributed by atoms with Crippen LogP contribution in [0.1, 0.15) is 31.7 Å². The zero-order valence-electron chi connectivity index (χ0n) is 12.5. The van der Waals surface area contributed by atoms with Crippen LogP contribution in [0.3, 0.4) is 0 Å². The lowest BCUT2D eigenvalue weighted by Gasteiger charge is -2.09. The van der Waals surface area contributed by atoms with E-state index in [1.54, 1.807) is 13.0 Å². The van der Waals surface area contributed by atoms with Gasteiger partial charge in [0, 0.05) is 17.4 Å². The lowest BCUT2D eigenvalue weighted by atomic mass is 9.99. The molecule has 116 valence electrons. The van der Waals surface area contributed by atoms with Crippen LogP contribution in [-0.4, -0.2) is 28.6 Å². The fourth-order valence-corrected chi connectivity index (χ4v) is 2.36. The summed E-state index contributed by atoms with van der Waals surface area (Å²) in [6, 6.07) is 11.0. The van der Waals surface area contributed by atoms with Gasteiger partial charge >= 0.3 is 5.97 Å². The molecule has 0 unspecified atom stereocenters. The Hall–Kier alpha value is -2.56. The Balaban J connectivity index is 2.15. The van der Waals surface area contributed by atoms with Crippen LogP contribution in [0.4, 0.5) is 0 Å². The van der Waals surface area contributed by atoms with Gasteiger partial charge in [0.1, 0.15) is 5.75 Å². The maximum Gasteiger partial charge on any atom is 0.305 e. The van der Waals surface area contributed by atoms with Crippen LogP contribution in [0, 0.1) is 0 Å².